The lowest BCUT2D eigenvalue weighted by Gasteiger charge is -2.28. The van der Waals surface area contributed by atoms with Crippen LogP contribution in [0.1, 0.15) is 0 Å². The van der Waals surface area contributed by atoms with Gasteiger partial charge in [0.15, 0.2) is 0 Å². The molecular formula is C66H44N2. The fourth-order valence-electron chi connectivity index (χ4n) is 10.8. The summed E-state index contributed by atoms with van der Waals surface area (Å²) in [5, 5.41) is 9.85. The summed E-state index contributed by atoms with van der Waals surface area (Å²) in [6, 6.07) is 97.6. The van der Waals surface area contributed by atoms with Crippen molar-refractivity contribution in [2.75, 3.05) is 4.90 Å². The van der Waals surface area contributed by atoms with Gasteiger partial charge in [0.2, 0.25) is 0 Å². The largest absolute Gasteiger partial charge is 0.310 e. The highest BCUT2D eigenvalue weighted by molar-refractivity contribution is 6.22. The molecule has 68 heavy (non-hydrogen) atoms. The number of fused-ring (bicyclic) bond motifs is 7. The molecule has 0 aliphatic heterocycles. The topological polar surface area (TPSA) is 8.17 Å². The van der Waals surface area contributed by atoms with Crippen molar-refractivity contribution >= 4 is 71.2 Å². The van der Waals surface area contributed by atoms with E-state index in [1.807, 2.05) is 0 Å². The molecule has 1 aromatic heterocycles. The minimum Gasteiger partial charge on any atom is -0.310 e. The fraction of sp³-hybridized carbons (Fsp3) is 0. The van der Waals surface area contributed by atoms with Crippen LogP contribution in [-0.4, -0.2) is 4.57 Å². The molecule has 0 radical (unpaired) electrons. The van der Waals surface area contributed by atoms with Gasteiger partial charge in [-0.15, -0.1) is 0 Å². The maximum Gasteiger partial charge on any atom is 0.0547 e. The third-order valence-electron chi connectivity index (χ3n) is 13.7. The van der Waals surface area contributed by atoms with E-state index in [0.29, 0.717) is 0 Å². The summed E-state index contributed by atoms with van der Waals surface area (Å²) in [5.74, 6) is 0. The van der Waals surface area contributed by atoms with Crippen LogP contribution in [0.25, 0.3) is 104 Å². The van der Waals surface area contributed by atoms with Crippen molar-refractivity contribution in [2.45, 2.75) is 0 Å². The summed E-state index contributed by atoms with van der Waals surface area (Å²) in [6.07, 6.45) is 0. The summed E-state index contributed by atoms with van der Waals surface area (Å²) in [7, 11) is 0. The standard InChI is InChI=1S/C66H44N2/c1-4-21-46(22-5-1)64-59-34-13-12-33-57(59)58-41-40-53(44-61(58)65(64)47-23-6-2-7-24-47)67(51-30-16-26-48(42-51)55-36-18-25-45-20-10-11-32-54(45)55)52-31-17-27-49(43-52)56-37-19-39-63-66(56)60-35-14-15-38-62(60)68(63)50-28-8-3-9-29-50/h1-44H. The molecule has 12 aromatic carbocycles. The SMILES string of the molecule is c1ccc(-c2c(-c3ccccc3)c3cc(N(c4cccc(-c5cccc6ccccc56)c4)c4cccc(-c5cccc6c5c5ccccc5n6-c5ccccc5)c4)ccc3c3ccccc23)cc1. The third-order valence-corrected chi connectivity index (χ3v) is 13.7. The van der Waals surface area contributed by atoms with Crippen LogP contribution in [0.3, 0.4) is 0 Å². The molecule has 0 spiro atoms. The second-order valence-electron chi connectivity index (χ2n) is 17.6. The maximum absolute atomic E-state index is 2.46. The van der Waals surface area contributed by atoms with Crippen LogP contribution in [0.2, 0.25) is 0 Å². The van der Waals surface area contributed by atoms with Crippen molar-refractivity contribution in [1.29, 1.82) is 0 Å². The van der Waals surface area contributed by atoms with E-state index in [9.17, 15) is 0 Å². The molecule has 0 saturated heterocycles. The van der Waals surface area contributed by atoms with E-state index in [-0.39, 0.29) is 0 Å². The molecule has 2 heteroatoms. The molecular weight excluding hydrogens is 821 g/mol. The number of anilines is 3. The zero-order valence-electron chi connectivity index (χ0n) is 37.3. The van der Waals surface area contributed by atoms with Gasteiger partial charge in [0.05, 0.1) is 11.0 Å². The highest BCUT2D eigenvalue weighted by Gasteiger charge is 2.22. The second-order valence-corrected chi connectivity index (χ2v) is 17.6. The van der Waals surface area contributed by atoms with Crippen LogP contribution < -0.4 is 4.90 Å². The predicted octanol–water partition coefficient (Wildman–Crippen LogP) is 18.4. The van der Waals surface area contributed by atoms with Crippen molar-refractivity contribution in [3.63, 3.8) is 0 Å². The lowest BCUT2D eigenvalue weighted by atomic mass is 9.85. The third kappa shape index (κ3) is 6.57. The number of nitrogens with zero attached hydrogens (tertiary/aromatic N) is 2. The normalized spacial score (nSPS) is 11.5. The van der Waals surface area contributed by atoms with Crippen LogP contribution in [-0.2, 0) is 0 Å². The first-order valence-electron chi connectivity index (χ1n) is 23.4. The highest BCUT2D eigenvalue weighted by atomic mass is 15.1. The Morgan fingerprint density at radius 3 is 1.46 bits per heavy atom. The van der Waals surface area contributed by atoms with E-state index in [1.54, 1.807) is 0 Å². The Kier molecular flexibility index (Phi) is 9.54. The van der Waals surface area contributed by atoms with Gasteiger partial charge in [-0.2, -0.15) is 0 Å². The number of para-hydroxylation sites is 2. The molecule has 318 valence electrons. The van der Waals surface area contributed by atoms with Gasteiger partial charge in [-0.25, -0.2) is 0 Å². The van der Waals surface area contributed by atoms with Crippen molar-refractivity contribution < 1.29 is 0 Å². The van der Waals surface area contributed by atoms with Crippen molar-refractivity contribution in [1.82, 2.24) is 4.57 Å². The van der Waals surface area contributed by atoms with Gasteiger partial charge in [0.1, 0.15) is 0 Å². The summed E-state index contributed by atoms with van der Waals surface area (Å²) < 4.78 is 2.40. The minimum absolute atomic E-state index is 1.08. The van der Waals surface area contributed by atoms with Crippen molar-refractivity contribution in [3.8, 4) is 50.2 Å². The fourth-order valence-corrected chi connectivity index (χ4v) is 10.8. The Balaban J connectivity index is 1.07. The lowest BCUT2D eigenvalue weighted by Crippen LogP contribution is -2.10. The Bertz CT molecular complexity index is 4010. The Labute approximate surface area is 395 Å². The summed E-state index contributed by atoms with van der Waals surface area (Å²) in [6.45, 7) is 0. The summed E-state index contributed by atoms with van der Waals surface area (Å²) in [5.41, 5.74) is 16.4. The number of benzene rings is 12. The number of hydrogen-bond acceptors (Lipinski definition) is 1. The molecule has 0 unspecified atom stereocenters. The van der Waals surface area contributed by atoms with Crippen LogP contribution in [0, 0.1) is 0 Å². The predicted molar refractivity (Wildman–Crippen MR) is 290 cm³/mol. The van der Waals surface area contributed by atoms with Gasteiger partial charge in [0, 0.05) is 33.5 Å². The zero-order valence-corrected chi connectivity index (χ0v) is 37.3. The van der Waals surface area contributed by atoms with Crippen LogP contribution in [0.4, 0.5) is 17.1 Å². The molecule has 0 fully saturated rings. The summed E-state index contributed by atoms with van der Waals surface area (Å²) >= 11 is 0. The van der Waals surface area contributed by atoms with E-state index < -0.39 is 0 Å². The minimum atomic E-state index is 1.08. The van der Waals surface area contributed by atoms with Gasteiger partial charge in [-0.1, -0.05) is 206 Å². The quantitative estimate of drug-likeness (QED) is 0.138. The van der Waals surface area contributed by atoms with Crippen LogP contribution in [0.5, 0.6) is 0 Å². The van der Waals surface area contributed by atoms with E-state index in [4.69, 9.17) is 0 Å². The Morgan fingerprint density at radius 2 is 0.735 bits per heavy atom. The number of aromatic nitrogens is 1. The molecule has 0 saturated carbocycles. The molecule has 1 heterocycles. The smallest absolute Gasteiger partial charge is 0.0547 e. The maximum atomic E-state index is 2.46. The van der Waals surface area contributed by atoms with Crippen LogP contribution >= 0.6 is 0 Å². The Hall–Kier alpha value is -8.98. The van der Waals surface area contributed by atoms with Crippen LogP contribution in [0.15, 0.2) is 267 Å². The van der Waals surface area contributed by atoms with Gasteiger partial charge in [-0.3, -0.25) is 0 Å². The highest BCUT2D eigenvalue weighted by Crippen LogP contribution is 2.48. The molecule has 2 nitrogen and oxygen atoms in total. The molecule has 0 N–H and O–H groups in total. The van der Waals surface area contributed by atoms with Gasteiger partial charge >= 0.3 is 0 Å². The van der Waals surface area contributed by atoms with Crippen molar-refractivity contribution in [3.05, 3.63) is 267 Å². The van der Waals surface area contributed by atoms with E-state index in [2.05, 4.69) is 276 Å². The van der Waals surface area contributed by atoms with E-state index in [0.717, 1.165) is 28.3 Å². The van der Waals surface area contributed by atoms with Crippen molar-refractivity contribution in [2.24, 2.45) is 0 Å². The molecule has 0 aliphatic carbocycles. The second kappa shape index (κ2) is 16.5. The van der Waals surface area contributed by atoms with E-state index in [1.165, 1.54) is 93.1 Å². The lowest BCUT2D eigenvalue weighted by molar-refractivity contribution is 1.18. The summed E-state index contributed by atoms with van der Waals surface area (Å²) in [4.78, 5) is 2.46. The Morgan fingerprint density at radius 1 is 0.265 bits per heavy atom. The molecule has 0 atom stereocenters. The first-order valence-corrected chi connectivity index (χ1v) is 23.4. The molecule has 0 aliphatic rings. The molecule has 13 aromatic rings. The first kappa shape index (κ1) is 39.4. The number of hydrogen-bond donors (Lipinski definition) is 0. The van der Waals surface area contributed by atoms with Gasteiger partial charge in [0.25, 0.3) is 0 Å². The zero-order chi connectivity index (χ0) is 45.0. The average Bonchev–Trinajstić information content (AvgIpc) is 3.76. The molecule has 0 amide bonds. The van der Waals surface area contributed by atoms with Gasteiger partial charge in [-0.05, 0) is 137 Å². The first-order chi connectivity index (χ1) is 33.8. The number of rotatable bonds is 8. The molecule has 13 rings (SSSR count). The van der Waals surface area contributed by atoms with E-state index >= 15 is 0 Å². The monoisotopic (exact) mass is 864 g/mol. The molecule has 0 bridgehead atoms. The average molecular weight is 865 g/mol. The van der Waals surface area contributed by atoms with Gasteiger partial charge < -0.3 is 9.47 Å².